The summed E-state index contributed by atoms with van der Waals surface area (Å²) >= 11 is 12.9. The number of carboxylic acids is 1. The summed E-state index contributed by atoms with van der Waals surface area (Å²) in [7, 11) is 0. The van der Waals surface area contributed by atoms with Crippen LogP contribution in [0.4, 0.5) is 0 Å². The zero-order valence-electron chi connectivity index (χ0n) is 20.4. The molecule has 0 radical (unpaired) electrons. The third-order valence-corrected chi connectivity index (χ3v) is 8.55. The molecule has 2 atom stereocenters. The van der Waals surface area contributed by atoms with Gasteiger partial charge in [-0.2, -0.15) is 0 Å². The van der Waals surface area contributed by atoms with E-state index in [1.54, 1.807) is 0 Å². The SMILES string of the molecule is C=C1CCC2(CCC1CCCCC(=O)O)COc1cc(OCc3c(Cl)ccc(CC)c3Cl)ccc12. The van der Waals surface area contributed by atoms with Gasteiger partial charge in [-0.05, 0) is 68.6 Å². The number of allylic oxidation sites excluding steroid dienone is 1. The van der Waals surface area contributed by atoms with Crippen LogP contribution in [0.15, 0.2) is 42.5 Å². The average Bonchev–Trinajstić information content (AvgIpc) is 3.11. The van der Waals surface area contributed by atoms with Crippen LogP contribution in [0.2, 0.25) is 10.0 Å². The van der Waals surface area contributed by atoms with Crippen molar-refractivity contribution in [1.29, 1.82) is 0 Å². The molecule has 2 unspecified atom stereocenters. The molecule has 188 valence electrons. The Morgan fingerprint density at radius 2 is 2.06 bits per heavy atom. The smallest absolute Gasteiger partial charge is 0.303 e. The maximum absolute atomic E-state index is 10.8. The van der Waals surface area contributed by atoms with Gasteiger partial charge in [0.1, 0.15) is 18.1 Å². The molecule has 1 aliphatic carbocycles. The minimum absolute atomic E-state index is 0.00862. The van der Waals surface area contributed by atoms with Gasteiger partial charge in [0.2, 0.25) is 0 Å². The van der Waals surface area contributed by atoms with Crippen LogP contribution in [-0.4, -0.2) is 17.7 Å². The summed E-state index contributed by atoms with van der Waals surface area (Å²) in [5.41, 5.74) is 4.43. The second-order valence-electron chi connectivity index (χ2n) is 9.90. The van der Waals surface area contributed by atoms with Gasteiger partial charge in [-0.1, -0.05) is 60.8 Å². The topological polar surface area (TPSA) is 55.8 Å². The summed E-state index contributed by atoms with van der Waals surface area (Å²) in [6.45, 7) is 7.43. The molecule has 0 saturated heterocycles. The Balaban J connectivity index is 1.42. The van der Waals surface area contributed by atoms with Crippen LogP contribution in [0.1, 0.15) is 75.0 Å². The second-order valence-corrected chi connectivity index (χ2v) is 10.7. The van der Waals surface area contributed by atoms with E-state index in [1.165, 1.54) is 11.1 Å². The fourth-order valence-corrected chi connectivity index (χ4v) is 6.08. The zero-order chi connectivity index (χ0) is 25.0. The first kappa shape index (κ1) is 25.9. The van der Waals surface area contributed by atoms with Gasteiger partial charge in [0.15, 0.2) is 0 Å². The Morgan fingerprint density at radius 1 is 1.23 bits per heavy atom. The molecule has 1 fully saturated rings. The van der Waals surface area contributed by atoms with Gasteiger partial charge in [0.25, 0.3) is 0 Å². The molecular formula is C29H34Cl2O4. The molecule has 0 amide bonds. The quantitative estimate of drug-likeness (QED) is 0.269. The van der Waals surface area contributed by atoms with Crippen LogP contribution < -0.4 is 9.47 Å². The van der Waals surface area contributed by atoms with E-state index in [-0.39, 0.29) is 11.8 Å². The largest absolute Gasteiger partial charge is 0.492 e. The van der Waals surface area contributed by atoms with Gasteiger partial charge < -0.3 is 14.6 Å². The van der Waals surface area contributed by atoms with Crippen molar-refractivity contribution in [3.8, 4) is 11.5 Å². The third kappa shape index (κ3) is 5.81. The number of rotatable bonds is 9. The molecule has 4 rings (SSSR count). The van der Waals surface area contributed by atoms with E-state index in [9.17, 15) is 4.79 Å². The van der Waals surface area contributed by atoms with Crippen LogP contribution in [-0.2, 0) is 23.2 Å². The minimum Gasteiger partial charge on any atom is -0.492 e. The third-order valence-electron chi connectivity index (χ3n) is 7.73. The summed E-state index contributed by atoms with van der Waals surface area (Å²) < 4.78 is 12.3. The lowest BCUT2D eigenvalue weighted by Crippen LogP contribution is -2.27. The number of aryl methyl sites for hydroxylation is 1. The molecule has 35 heavy (non-hydrogen) atoms. The summed E-state index contributed by atoms with van der Waals surface area (Å²) in [4.78, 5) is 10.8. The lowest BCUT2D eigenvalue weighted by Gasteiger charge is -2.26. The number of ether oxygens (including phenoxy) is 2. The van der Waals surface area contributed by atoms with Gasteiger partial charge in [0, 0.05) is 34.1 Å². The maximum atomic E-state index is 10.8. The summed E-state index contributed by atoms with van der Waals surface area (Å²) in [5, 5.41) is 10.2. The first-order valence-corrected chi connectivity index (χ1v) is 13.3. The molecule has 2 aromatic carbocycles. The number of aliphatic carboxylic acids is 1. The minimum atomic E-state index is -0.715. The van der Waals surface area contributed by atoms with Crippen molar-refractivity contribution in [3.05, 3.63) is 69.2 Å². The Hall–Kier alpha value is -2.17. The number of hydrogen-bond acceptors (Lipinski definition) is 3. The summed E-state index contributed by atoms with van der Waals surface area (Å²) in [6, 6.07) is 9.99. The molecule has 6 heteroatoms. The Morgan fingerprint density at radius 3 is 2.83 bits per heavy atom. The molecular weight excluding hydrogens is 483 g/mol. The molecule has 2 aromatic rings. The normalized spacial score (nSPS) is 21.5. The fourth-order valence-electron chi connectivity index (χ4n) is 5.46. The first-order chi connectivity index (χ1) is 16.8. The highest BCUT2D eigenvalue weighted by Gasteiger charge is 2.42. The van der Waals surface area contributed by atoms with Gasteiger partial charge in [-0.15, -0.1) is 0 Å². The maximum Gasteiger partial charge on any atom is 0.303 e. The van der Waals surface area contributed by atoms with Crippen LogP contribution >= 0.6 is 23.2 Å². The average molecular weight is 517 g/mol. The number of unbranched alkanes of at least 4 members (excludes halogenated alkanes) is 1. The van der Waals surface area contributed by atoms with Crippen molar-refractivity contribution in [2.75, 3.05) is 6.61 Å². The molecule has 0 aromatic heterocycles. The number of hydrogen-bond donors (Lipinski definition) is 1. The fraction of sp³-hybridized carbons (Fsp3) is 0.483. The Kier molecular flexibility index (Phi) is 8.34. The van der Waals surface area contributed by atoms with Crippen LogP contribution in [0.25, 0.3) is 0 Å². The van der Waals surface area contributed by atoms with Crippen LogP contribution in [0, 0.1) is 5.92 Å². The molecule has 1 N–H and O–H groups in total. The predicted molar refractivity (Wildman–Crippen MR) is 141 cm³/mol. The van der Waals surface area contributed by atoms with E-state index >= 15 is 0 Å². The molecule has 1 heterocycles. The Labute approximate surface area is 218 Å². The van der Waals surface area contributed by atoms with Crippen LogP contribution in [0.3, 0.4) is 0 Å². The van der Waals surface area contributed by atoms with Crippen molar-refractivity contribution in [2.24, 2.45) is 5.92 Å². The van der Waals surface area contributed by atoms with Crippen LogP contribution in [0.5, 0.6) is 11.5 Å². The molecule has 4 nitrogen and oxygen atoms in total. The monoisotopic (exact) mass is 516 g/mol. The van der Waals surface area contributed by atoms with Crippen molar-refractivity contribution in [1.82, 2.24) is 0 Å². The standard InChI is InChI=1S/C29H34Cl2O4/c1-3-20-8-11-25(30)23(28(20)31)17-34-22-9-10-24-26(16-22)35-18-29(24)14-12-19(2)21(13-15-29)6-4-5-7-27(32)33/h8-11,16,21H,2-7,12-15,17-18H2,1H3,(H,32,33). The summed E-state index contributed by atoms with van der Waals surface area (Å²) in [6.07, 6.45) is 7.91. The highest BCUT2D eigenvalue weighted by Crippen LogP contribution is 2.50. The van der Waals surface area contributed by atoms with E-state index in [4.69, 9.17) is 37.8 Å². The highest BCUT2D eigenvalue weighted by molar-refractivity contribution is 6.36. The molecule has 2 aliphatic rings. The Bertz CT molecular complexity index is 1100. The number of carbonyl (C=O) groups is 1. The van der Waals surface area contributed by atoms with E-state index in [0.717, 1.165) is 74.0 Å². The van der Waals surface area contributed by atoms with E-state index in [0.29, 0.717) is 29.2 Å². The van der Waals surface area contributed by atoms with Gasteiger partial charge in [-0.25, -0.2) is 0 Å². The molecule has 0 bridgehead atoms. The summed E-state index contributed by atoms with van der Waals surface area (Å²) in [5.74, 6) is 1.38. The van der Waals surface area contributed by atoms with Crippen molar-refractivity contribution in [2.45, 2.75) is 76.7 Å². The number of carboxylic acid groups (broad SMARTS) is 1. The van der Waals surface area contributed by atoms with Gasteiger partial charge in [-0.3, -0.25) is 4.79 Å². The van der Waals surface area contributed by atoms with E-state index in [2.05, 4.69) is 19.6 Å². The lowest BCUT2D eigenvalue weighted by molar-refractivity contribution is -0.137. The van der Waals surface area contributed by atoms with E-state index in [1.807, 2.05) is 24.3 Å². The number of fused-ring (bicyclic) bond motifs is 2. The molecule has 1 aliphatic heterocycles. The highest BCUT2D eigenvalue weighted by atomic mass is 35.5. The molecule has 1 spiro atoms. The first-order valence-electron chi connectivity index (χ1n) is 12.6. The van der Waals surface area contributed by atoms with Crippen molar-refractivity contribution in [3.63, 3.8) is 0 Å². The zero-order valence-corrected chi connectivity index (χ0v) is 21.9. The number of halogens is 2. The number of benzene rings is 2. The van der Waals surface area contributed by atoms with Crippen molar-refractivity contribution < 1.29 is 19.4 Å². The molecule has 1 saturated carbocycles. The second kappa shape index (κ2) is 11.3. The van der Waals surface area contributed by atoms with Gasteiger partial charge >= 0.3 is 5.97 Å². The van der Waals surface area contributed by atoms with E-state index < -0.39 is 5.97 Å². The predicted octanol–water partition coefficient (Wildman–Crippen LogP) is 8.16. The lowest BCUT2D eigenvalue weighted by atomic mass is 9.76. The van der Waals surface area contributed by atoms with Gasteiger partial charge in [0.05, 0.1) is 11.6 Å². The van der Waals surface area contributed by atoms with Crippen molar-refractivity contribution >= 4 is 29.2 Å².